The molecule has 1 aromatic heterocycles. The Morgan fingerprint density at radius 2 is 2.00 bits per heavy atom. The van der Waals surface area contributed by atoms with E-state index in [9.17, 15) is 4.79 Å². The fourth-order valence-corrected chi connectivity index (χ4v) is 2.11. The zero-order valence-corrected chi connectivity index (χ0v) is 12.2. The Kier molecular flexibility index (Phi) is 4.72. The maximum absolute atomic E-state index is 10.7. The molecule has 0 aliphatic carbocycles. The molecule has 1 N–H and O–H groups in total. The third kappa shape index (κ3) is 3.69. The monoisotopic (exact) mass is 282 g/mol. The van der Waals surface area contributed by atoms with Crippen molar-refractivity contribution in [2.75, 3.05) is 11.4 Å². The quantitative estimate of drug-likeness (QED) is 0.851. The summed E-state index contributed by atoms with van der Waals surface area (Å²) in [5.41, 5.74) is 3.01. The molecule has 0 radical (unpaired) electrons. The first-order valence-corrected chi connectivity index (χ1v) is 6.82. The highest BCUT2D eigenvalue weighted by Gasteiger charge is 2.11. The third-order valence-electron chi connectivity index (χ3n) is 3.14. The average Bonchev–Trinajstić information content (AvgIpc) is 2.49. The summed E-state index contributed by atoms with van der Waals surface area (Å²) in [5, 5.41) is 8.79. The number of anilines is 2. The first-order valence-electron chi connectivity index (χ1n) is 6.82. The lowest BCUT2D eigenvalue weighted by molar-refractivity contribution is -0.131. The Bertz CT molecular complexity index is 648. The second kappa shape index (κ2) is 6.70. The predicted octanol–water partition coefficient (Wildman–Crippen LogP) is 3.65. The van der Waals surface area contributed by atoms with Gasteiger partial charge >= 0.3 is 5.97 Å². The van der Waals surface area contributed by atoms with Crippen LogP contribution >= 0.6 is 0 Å². The maximum Gasteiger partial charge on any atom is 0.328 e. The van der Waals surface area contributed by atoms with Crippen LogP contribution in [0.25, 0.3) is 6.08 Å². The SMILES string of the molecule is CCN(c1ccc(C)cc1)c1ncccc1/C=C/C(=O)O. The van der Waals surface area contributed by atoms with Crippen LogP contribution < -0.4 is 4.90 Å². The number of nitrogens with zero attached hydrogens (tertiary/aromatic N) is 2. The van der Waals surface area contributed by atoms with Crippen LogP contribution in [0.4, 0.5) is 11.5 Å². The number of carboxylic acids is 1. The Morgan fingerprint density at radius 3 is 2.62 bits per heavy atom. The van der Waals surface area contributed by atoms with Crippen LogP contribution in [0.2, 0.25) is 0 Å². The lowest BCUT2D eigenvalue weighted by Crippen LogP contribution is -2.18. The van der Waals surface area contributed by atoms with Gasteiger partial charge in [-0.05, 0) is 44.2 Å². The molecular formula is C17H18N2O2. The van der Waals surface area contributed by atoms with Gasteiger partial charge < -0.3 is 10.0 Å². The molecule has 0 amide bonds. The normalized spacial score (nSPS) is 10.8. The number of carbonyl (C=O) groups is 1. The van der Waals surface area contributed by atoms with E-state index in [0.29, 0.717) is 0 Å². The van der Waals surface area contributed by atoms with Crippen molar-refractivity contribution in [1.29, 1.82) is 0 Å². The lowest BCUT2D eigenvalue weighted by atomic mass is 10.1. The first-order chi connectivity index (χ1) is 10.1. The van der Waals surface area contributed by atoms with Gasteiger partial charge in [0, 0.05) is 30.1 Å². The zero-order valence-electron chi connectivity index (χ0n) is 12.2. The molecule has 1 aromatic carbocycles. The Hall–Kier alpha value is -2.62. The van der Waals surface area contributed by atoms with Crippen molar-refractivity contribution < 1.29 is 9.90 Å². The van der Waals surface area contributed by atoms with Crippen molar-refractivity contribution >= 4 is 23.6 Å². The molecule has 0 saturated carbocycles. The van der Waals surface area contributed by atoms with Gasteiger partial charge in [-0.2, -0.15) is 0 Å². The van der Waals surface area contributed by atoms with Crippen LogP contribution in [-0.4, -0.2) is 22.6 Å². The van der Waals surface area contributed by atoms with E-state index >= 15 is 0 Å². The van der Waals surface area contributed by atoms with Gasteiger partial charge in [-0.15, -0.1) is 0 Å². The van der Waals surface area contributed by atoms with Crippen LogP contribution in [0.3, 0.4) is 0 Å². The summed E-state index contributed by atoms with van der Waals surface area (Å²) in [6, 6.07) is 11.8. The van der Waals surface area contributed by atoms with E-state index in [-0.39, 0.29) is 0 Å². The summed E-state index contributed by atoms with van der Waals surface area (Å²) in [5.74, 6) is -0.218. The van der Waals surface area contributed by atoms with E-state index in [2.05, 4.69) is 9.88 Å². The summed E-state index contributed by atoms with van der Waals surface area (Å²) in [6.45, 7) is 4.83. The topological polar surface area (TPSA) is 53.4 Å². The number of carboxylic acid groups (broad SMARTS) is 1. The van der Waals surface area contributed by atoms with E-state index in [1.807, 2.05) is 44.2 Å². The standard InChI is InChI=1S/C17H18N2O2/c1-3-19(15-9-6-13(2)7-10-15)17-14(5-4-12-18-17)8-11-16(20)21/h4-12H,3H2,1-2H3,(H,20,21)/b11-8+. The van der Waals surface area contributed by atoms with Gasteiger partial charge in [-0.3, -0.25) is 0 Å². The minimum Gasteiger partial charge on any atom is -0.478 e. The highest BCUT2D eigenvalue weighted by molar-refractivity contribution is 5.87. The molecule has 0 unspecified atom stereocenters. The summed E-state index contributed by atoms with van der Waals surface area (Å²) in [6.07, 6.45) is 4.41. The molecule has 4 nitrogen and oxygen atoms in total. The molecule has 0 bridgehead atoms. The van der Waals surface area contributed by atoms with Gasteiger partial charge in [-0.1, -0.05) is 17.7 Å². The third-order valence-corrected chi connectivity index (χ3v) is 3.14. The second-order valence-corrected chi connectivity index (χ2v) is 4.67. The van der Waals surface area contributed by atoms with Crippen LogP contribution in [0.15, 0.2) is 48.7 Å². The number of hydrogen-bond donors (Lipinski definition) is 1. The largest absolute Gasteiger partial charge is 0.478 e. The molecule has 2 rings (SSSR count). The van der Waals surface area contributed by atoms with Crippen molar-refractivity contribution in [3.05, 3.63) is 59.8 Å². The molecule has 21 heavy (non-hydrogen) atoms. The minimum atomic E-state index is -0.969. The molecule has 0 aliphatic heterocycles. The van der Waals surface area contributed by atoms with Crippen LogP contribution in [0.1, 0.15) is 18.1 Å². The summed E-state index contributed by atoms with van der Waals surface area (Å²) in [4.78, 5) is 17.2. The van der Waals surface area contributed by atoms with Crippen LogP contribution in [-0.2, 0) is 4.79 Å². The van der Waals surface area contributed by atoms with Gasteiger partial charge in [0.15, 0.2) is 0 Å². The minimum absolute atomic E-state index is 0.744. The number of pyridine rings is 1. The van der Waals surface area contributed by atoms with E-state index < -0.39 is 5.97 Å². The molecule has 0 saturated heterocycles. The Labute approximate surface area is 124 Å². The molecule has 0 atom stereocenters. The van der Waals surface area contributed by atoms with E-state index in [0.717, 1.165) is 29.7 Å². The van der Waals surface area contributed by atoms with E-state index in [4.69, 9.17) is 5.11 Å². The summed E-state index contributed by atoms with van der Waals surface area (Å²) >= 11 is 0. The average molecular weight is 282 g/mol. The fraction of sp³-hybridized carbons (Fsp3) is 0.176. The molecule has 2 aromatic rings. The number of aromatic nitrogens is 1. The van der Waals surface area contributed by atoms with Crippen molar-refractivity contribution in [3.8, 4) is 0 Å². The number of benzene rings is 1. The van der Waals surface area contributed by atoms with Gasteiger partial charge in [0.2, 0.25) is 0 Å². The lowest BCUT2D eigenvalue weighted by Gasteiger charge is -2.23. The summed E-state index contributed by atoms with van der Waals surface area (Å²) < 4.78 is 0. The van der Waals surface area contributed by atoms with E-state index in [1.165, 1.54) is 5.56 Å². The summed E-state index contributed by atoms with van der Waals surface area (Å²) in [7, 11) is 0. The highest BCUT2D eigenvalue weighted by Crippen LogP contribution is 2.27. The van der Waals surface area contributed by atoms with Crippen molar-refractivity contribution in [2.45, 2.75) is 13.8 Å². The molecule has 108 valence electrons. The zero-order chi connectivity index (χ0) is 15.2. The molecular weight excluding hydrogens is 264 g/mol. The molecule has 0 fully saturated rings. The van der Waals surface area contributed by atoms with Crippen molar-refractivity contribution in [2.24, 2.45) is 0 Å². The molecule has 0 spiro atoms. The Morgan fingerprint density at radius 1 is 1.29 bits per heavy atom. The van der Waals surface area contributed by atoms with Gasteiger partial charge in [0.05, 0.1) is 0 Å². The molecule has 1 heterocycles. The van der Waals surface area contributed by atoms with Crippen molar-refractivity contribution in [1.82, 2.24) is 4.98 Å². The molecule has 4 heteroatoms. The van der Waals surface area contributed by atoms with E-state index in [1.54, 1.807) is 18.3 Å². The smallest absolute Gasteiger partial charge is 0.328 e. The maximum atomic E-state index is 10.7. The van der Waals surface area contributed by atoms with Crippen molar-refractivity contribution in [3.63, 3.8) is 0 Å². The fourth-order valence-electron chi connectivity index (χ4n) is 2.11. The number of aryl methyl sites for hydroxylation is 1. The number of rotatable bonds is 5. The number of aliphatic carboxylic acids is 1. The second-order valence-electron chi connectivity index (χ2n) is 4.67. The molecule has 0 aliphatic rings. The number of hydrogen-bond acceptors (Lipinski definition) is 3. The first kappa shape index (κ1) is 14.8. The van der Waals surface area contributed by atoms with Gasteiger partial charge in [0.25, 0.3) is 0 Å². The van der Waals surface area contributed by atoms with Gasteiger partial charge in [-0.25, -0.2) is 9.78 Å². The van der Waals surface area contributed by atoms with Crippen LogP contribution in [0.5, 0.6) is 0 Å². The van der Waals surface area contributed by atoms with Crippen LogP contribution in [0, 0.1) is 6.92 Å². The Balaban J connectivity index is 2.42. The predicted molar refractivity (Wildman–Crippen MR) is 84.8 cm³/mol. The highest BCUT2D eigenvalue weighted by atomic mass is 16.4. The van der Waals surface area contributed by atoms with Gasteiger partial charge in [0.1, 0.15) is 5.82 Å².